The van der Waals surface area contributed by atoms with Gasteiger partial charge >= 0.3 is 11.9 Å². The molecule has 0 atom stereocenters. The highest BCUT2D eigenvalue weighted by Gasteiger charge is 2.43. The van der Waals surface area contributed by atoms with E-state index in [1.54, 1.807) is 6.20 Å². The minimum absolute atomic E-state index is 0.220. The first-order valence-corrected chi connectivity index (χ1v) is 13.2. The highest BCUT2D eigenvalue weighted by atomic mass is 19.4. The van der Waals surface area contributed by atoms with Crippen LogP contribution in [0.5, 0.6) is 5.75 Å². The van der Waals surface area contributed by atoms with Crippen molar-refractivity contribution >= 4 is 11.6 Å². The summed E-state index contributed by atoms with van der Waals surface area (Å²) in [6, 6.07) is 10.4. The monoisotopic (exact) mass is 574 g/mol. The summed E-state index contributed by atoms with van der Waals surface area (Å²) in [5.74, 6) is -0.978. The Balaban J connectivity index is 1.35. The molecule has 41 heavy (non-hydrogen) atoms. The van der Waals surface area contributed by atoms with Gasteiger partial charge in [-0.1, -0.05) is 12.1 Å². The molecule has 0 amide bonds. The second-order valence-corrected chi connectivity index (χ2v) is 11.2. The van der Waals surface area contributed by atoms with Crippen molar-refractivity contribution < 1.29 is 26.7 Å². The third-order valence-corrected chi connectivity index (χ3v) is 7.20. The molecule has 1 aromatic carbocycles. The van der Waals surface area contributed by atoms with E-state index < -0.39 is 40.6 Å². The molecule has 1 aliphatic carbocycles. The van der Waals surface area contributed by atoms with E-state index in [2.05, 4.69) is 20.6 Å². The molecule has 0 unspecified atom stereocenters. The number of rotatable bonds is 7. The van der Waals surface area contributed by atoms with Crippen LogP contribution in [0.25, 0.3) is 0 Å². The van der Waals surface area contributed by atoms with E-state index >= 15 is 0 Å². The molecule has 5 rings (SSSR count). The number of aromatic nitrogens is 5. The fourth-order valence-corrected chi connectivity index (χ4v) is 5.24. The average molecular weight is 575 g/mol. The van der Waals surface area contributed by atoms with Gasteiger partial charge in [-0.3, -0.25) is 0 Å². The number of hydrogen-bond donors (Lipinski definition) is 2. The molecule has 4 aromatic rings. The van der Waals surface area contributed by atoms with Crippen molar-refractivity contribution in [3.63, 3.8) is 0 Å². The minimum atomic E-state index is -4.83. The molecule has 9 nitrogen and oxygen atoms in total. The molecule has 1 fully saturated rings. The molecule has 13 heteroatoms. The second-order valence-electron chi connectivity index (χ2n) is 11.2. The van der Waals surface area contributed by atoms with Crippen molar-refractivity contribution in [3.8, 4) is 5.75 Å². The molecule has 0 spiro atoms. The van der Waals surface area contributed by atoms with Crippen LogP contribution in [0.3, 0.4) is 0 Å². The Morgan fingerprint density at radius 1 is 1.12 bits per heavy atom. The number of pyridine rings is 1. The van der Waals surface area contributed by atoms with Gasteiger partial charge in [0.1, 0.15) is 11.6 Å². The summed E-state index contributed by atoms with van der Waals surface area (Å²) in [6.45, 7) is 6.12. The van der Waals surface area contributed by atoms with Crippen molar-refractivity contribution in [2.75, 3.05) is 5.32 Å². The molecule has 3 heterocycles. The van der Waals surface area contributed by atoms with Crippen molar-refractivity contribution in [1.82, 2.24) is 25.0 Å². The molecular weight excluding hydrogens is 544 g/mol. The van der Waals surface area contributed by atoms with E-state index in [-0.39, 0.29) is 11.4 Å². The van der Waals surface area contributed by atoms with E-state index in [4.69, 9.17) is 14.1 Å². The number of halogens is 4. The summed E-state index contributed by atoms with van der Waals surface area (Å²) in [5.41, 5.74) is -1.64. The molecule has 0 bridgehead atoms. The van der Waals surface area contributed by atoms with Crippen molar-refractivity contribution in [2.24, 2.45) is 0 Å². The maximum absolute atomic E-state index is 14.6. The fraction of sp³-hybridized carbons (Fsp3) is 0.429. The maximum Gasteiger partial charge on any atom is 0.434 e. The Morgan fingerprint density at radius 2 is 1.85 bits per heavy atom. The predicted octanol–water partition coefficient (Wildman–Crippen LogP) is 6.11. The van der Waals surface area contributed by atoms with Gasteiger partial charge in [-0.15, -0.1) is 5.10 Å². The van der Waals surface area contributed by atoms with Gasteiger partial charge in [0.05, 0.1) is 28.8 Å². The zero-order valence-electron chi connectivity index (χ0n) is 22.8. The van der Waals surface area contributed by atoms with Crippen molar-refractivity contribution in [1.29, 1.82) is 0 Å². The molecule has 0 radical (unpaired) electrons. The van der Waals surface area contributed by atoms with Crippen LogP contribution in [0.15, 0.2) is 57.9 Å². The Bertz CT molecular complexity index is 1560. The molecular formula is C28H30F4N6O3. The second kappa shape index (κ2) is 10.7. The van der Waals surface area contributed by atoms with E-state index in [9.17, 15) is 22.4 Å². The number of benzene rings is 1. The Labute approximate surface area is 232 Å². The van der Waals surface area contributed by atoms with Crippen LogP contribution in [0, 0.1) is 5.82 Å². The molecule has 2 N–H and O–H groups in total. The van der Waals surface area contributed by atoms with Crippen LogP contribution >= 0.6 is 0 Å². The van der Waals surface area contributed by atoms with E-state index in [1.165, 1.54) is 6.07 Å². The van der Waals surface area contributed by atoms with Crippen LogP contribution in [0.4, 0.5) is 29.2 Å². The van der Waals surface area contributed by atoms with E-state index in [1.807, 2.05) is 49.7 Å². The Hall–Kier alpha value is -4.16. The quantitative estimate of drug-likeness (QED) is 0.256. The first-order chi connectivity index (χ1) is 19.3. The lowest BCUT2D eigenvalue weighted by atomic mass is 9.70. The first-order valence-electron chi connectivity index (χ1n) is 13.2. The van der Waals surface area contributed by atoms with Crippen LogP contribution in [-0.2, 0) is 23.6 Å². The Kier molecular flexibility index (Phi) is 7.39. The fourth-order valence-electron chi connectivity index (χ4n) is 5.24. The molecule has 3 aromatic heterocycles. The number of hydrogen-bond acceptors (Lipinski definition) is 7. The summed E-state index contributed by atoms with van der Waals surface area (Å²) in [6.07, 6.45) is -1.71. The topological polar surface area (TPSA) is 111 Å². The maximum atomic E-state index is 14.6. The van der Waals surface area contributed by atoms with Crippen molar-refractivity contribution in [2.45, 2.75) is 76.1 Å². The third-order valence-electron chi connectivity index (χ3n) is 7.20. The number of alkyl halides is 3. The zero-order chi connectivity index (χ0) is 29.4. The number of anilines is 2. The summed E-state index contributed by atoms with van der Waals surface area (Å²) < 4.78 is 67.0. The lowest BCUT2D eigenvalue weighted by Gasteiger charge is -2.37. The van der Waals surface area contributed by atoms with Crippen molar-refractivity contribution in [3.05, 3.63) is 82.2 Å². The van der Waals surface area contributed by atoms with E-state index in [0.29, 0.717) is 49.7 Å². The van der Waals surface area contributed by atoms with Gasteiger partial charge in [0.15, 0.2) is 11.6 Å². The SMILES string of the molecule is CC(C)(C)n1nccc1Nc1cccc(C[C@]2(c3n[nH]c(=O)o3)CC[C@H](Oc3cccc(C(F)(F)F)c3F)CC2)n1. The first kappa shape index (κ1) is 28.4. The number of ether oxygens (including phenoxy) is 1. The Morgan fingerprint density at radius 3 is 2.51 bits per heavy atom. The van der Waals surface area contributed by atoms with Gasteiger partial charge in [-0.25, -0.2) is 23.9 Å². The van der Waals surface area contributed by atoms with Gasteiger partial charge in [0.25, 0.3) is 0 Å². The molecule has 1 aliphatic rings. The number of H-pyrrole nitrogens is 1. The molecule has 0 saturated heterocycles. The molecule has 218 valence electrons. The lowest BCUT2D eigenvalue weighted by molar-refractivity contribution is -0.140. The third kappa shape index (κ3) is 6.13. The smallest absolute Gasteiger partial charge is 0.434 e. The number of nitrogens with one attached hydrogen (secondary N) is 2. The van der Waals surface area contributed by atoms with Gasteiger partial charge in [-0.2, -0.15) is 18.3 Å². The van der Waals surface area contributed by atoms with Crippen LogP contribution in [0.1, 0.15) is 63.6 Å². The van der Waals surface area contributed by atoms with Gasteiger partial charge < -0.3 is 14.5 Å². The van der Waals surface area contributed by atoms with Gasteiger partial charge in [0, 0.05) is 18.2 Å². The average Bonchev–Trinajstić information content (AvgIpc) is 3.55. The number of aromatic amines is 1. The van der Waals surface area contributed by atoms with E-state index in [0.717, 1.165) is 11.9 Å². The molecule has 0 aliphatic heterocycles. The summed E-state index contributed by atoms with van der Waals surface area (Å²) in [7, 11) is 0. The largest absolute Gasteiger partial charge is 0.487 e. The predicted molar refractivity (Wildman–Crippen MR) is 142 cm³/mol. The summed E-state index contributed by atoms with van der Waals surface area (Å²) in [4.78, 5) is 16.6. The highest BCUT2D eigenvalue weighted by molar-refractivity contribution is 5.52. The van der Waals surface area contributed by atoms with Gasteiger partial charge in [0.2, 0.25) is 5.89 Å². The molecule has 1 saturated carbocycles. The van der Waals surface area contributed by atoms with Gasteiger partial charge in [-0.05, 0) is 70.7 Å². The van der Waals surface area contributed by atoms with Crippen LogP contribution in [0.2, 0.25) is 0 Å². The summed E-state index contributed by atoms with van der Waals surface area (Å²) >= 11 is 0. The summed E-state index contributed by atoms with van der Waals surface area (Å²) in [5, 5.41) is 14.1. The normalized spacial score (nSPS) is 19.7. The highest BCUT2D eigenvalue weighted by Crippen LogP contribution is 2.43. The minimum Gasteiger partial charge on any atom is -0.487 e. The standard InChI is InChI=1S/C28H30F4N6O3/c1-26(2,3)38-22(12-15-33-38)35-21-9-4-6-17(34-21)16-27(24-36-37-25(39)41-24)13-10-18(11-14-27)40-20-8-5-7-19(23(20)29)28(30,31)32/h4-9,12,15,18H,10-11,13-14,16H2,1-3H3,(H,34,35)(H,37,39)/t18-,27-. The van der Waals surface area contributed by atoms with Crippen LogP contribution in [-0.4, -0.2) is 31.1 Å². The van der Waals surface area contributed by atoms with Crippen LogP contribution < -0.4 is 15.8 Å². The lowest BCUT2D eigenvalue weighted by Crippen LogP contribution is -2.38. The number of nitrogens with zero attached hydrogens (tertiary/aromatic N) is 4. The zero-order valence-corrected chi connectivity index (χ0v) is 22.8.